The van der Waals surface area contributed by atoms with Crippen molar-refractivity contribution in [3.63, 3.8) is 0 Å². The zero-order valence-electron chi connectivity index (χ0n) is 20.0. The van der Waals surface area contributed by atoms with Gasteiger partial charge >= 0.3 is 11.9 Å². The second-order valence-corrected chi connectivity index (χ2v) is 8.63. The van der Waals surface area contributed by atoms with E-state index in [0.717, 1.165) is 0 Å². The maximum Gasteiger partial charge on any atom is 0.326 e. The van der Waals surface area contributed by atoms with Gasteiger partial charge in [0.1, 0.15) is 24.2 Å². The number of carbonyl (C=O) groups excluding carboxylic acids is 3. The van der Waals surface area contributed by atoms with Gasteiger partial charge in [-0.25, -0.2) is 4.79 Å². The highest BCUT2D eigenvalue weighted by atomic mass is 16.4. The van der Waals surface area contributed by atoms with Crippen molar-refractivity contribution >= 4 is 29.7 Å². The Kier molecular flexibility index (Phi) is 14.7. The van der Waals surface area contributed by atoms with E-state index in [1.807, 2.05) is 0 Å². The van der Waals surface area contributed by atoms with Gasteiger partial charge < -0.3 is 42.7 Å². The van der Waals surface area contributed by atoms with Crippen molar-refractivity contribution in [2.75, 3.05) is 6.54 Å². The summed E-state index contributed by atoms with van der Waals surface area (Å²) >= 11 is 0. The molecule has 0 aliphatic rings. The van der Waals surface area contributed by atoms with Gasteiger partial charge in [0.25, 0.3) is 0 Å². The van der Waals surface area contributed by atoms with E-state index in [-0.39, 0.29) is 25.2 Å². The van der Waals surface area contributed by atoms with E-state index in [1.165, 1.54) is 6.92 Å². The molecule has 0 fully saturated rings. The van der Waals surface area contributed by atoms with E-state index < -0.39 is 66.4 Å². The average molecular weight is 490 g/mol. The number of hydrogen-bond donors (Lipinski definition) is 8. The molecule has 0 aromatic rings. The summed E-state index contributed by atoms with van der Waals surface area (Å²) in [5.41, 5.74) is 11.1. The van der Waals surface area contributed by atoms with Gasteiger partial charge in [0.15, 0.2) is 0 Å². The van der Waals surface area contributed by atoms with Crippen LogP contribution >= 0.6 is 0 Å². The van der Waals surface area contributed by atoms with Gasteiger partial charge in [0, 0.05) is 6.42 Å². The Morgan fingerprint density at radius 1 is 0.794 bits per heavy atom. The Hall–Kier alpha value is -2.77. The molecule has 0 aromatic carbocycles. The number of carboxylic acid groups (broad SMARTS) is 2. The van der Waals surface area contributed by atoms with Gasteiger partial charge in [-0.15, -0.1) is 0 Å². The Bertz CT molecular complexity index is 701. The minimum absolute atomic E-state index is 0.0135. The number of hydrogen-bond acceptors (Lipinski definition) is 8. The van der Waals surface area contributed by atoms with Crippen LogP contribution in [0.4, 0.5) is 0 Å². The van der Waals surface area contributed by atoms with E-state index in [9.17, 15) is 34.2 Å². The summed E-state index contributed by atoms with van der Waals surface area (Å²) in [7, 11) is 0. The van der Waals surface area contributed by atoms with Gasteiger partial charge in [-0.2, -0.15) is 0 Å². The lowest BCUT2D eigenvalue weighted by Crippen LogP contribution is -2.58. The van der Waals surface area contributed by atoms with Gasteiger partial charge in [0.2, 0.25) is 17.7 Å². The van der Waals surface area contributed by atoms with Crippen LogP contribution in [0.5, 0.6) is 0 Å². The third-order valence-electron chi connectivity index (χ3n) is 5.00. The molecule has 0 rings (SSSR count). The predicted octanol–water partition coefficient (Wildman–Crippen LogP) is -1.73. The summed E-state index contributed by atoms with van der Waals surface area (Å²) in [6, 6.07) is -4.99. The molecule has 5 unspecified atom stereocenters. The molecule has 5 atom stereocenters. The van der Waals surface area contributed by atoms with Crippen LogP contribution in [0.3, 0.4) is 0 Å². The summed E-state index contributed by atoms with van der Waals surface area (Å²) in [6.45, 7) is 5.24. The van der Waals surface area contributed by atoms with Gasteiger partial charge in [-0.1, -0.05) is 13.8 Å². The number of carboxylic acids is 2. The zero-order valence-corrected chi connectivity index (χ0v) is 20.0. The van der Waals surface area contributed by atoms with Crippen molar-refractivity contribution in [3.8, 4) is 0 Å². The number of amides is 3. The third kappa shape index (κ3) is 12.5. The lowest BCUT2D eigenvalue weighted by molar-refractivity contribution is -0.143. The standard InChI is InChI=1S/C21H39N5O8/c1-11(2)10-15(21(33)34)26-18(30)13(6-4-5-9-22)24-19(31)14(7-8-16(28)29)25-20(32)17(23)12(3)27/h11-15,17,27H,4-10,22-23H2,1-3H3,(H,24,31)(H,25,32)(H,26,30)(H,28,29)(H,33,34). The van der Waals surface area contributed by atoms with E-state index in [0.29, 0.717) is 19.4 Å². The maximum atomic E-state index is 12.9. The van der Waals surface area contributed by atoms with Crippen LogP contribution in [-0.2, 0) is 24.0 Å². The number of nitrogens with one attached hydrogen (secondary N) is 3. The van der Waals surface area contributed by atoms with Gasteiger partial charge in [-0.3, -0.25) is 19.2 Å². The smallest absolute Gasteiger partial charge is 0.326 e. The van der Waals surface area contributed by atoms with Crippen molar-refractivity contribution in [3.05, 3.63) is 0 Å². The lowest BCUT2D eigenvalue weighted by Gasteiger charge is -2.26. The van der Waals surface area contributed by atoms with E-state index in [2.05, 4.69) is 16.0 Å². The molecule has 0 bridgehead atoms. The number of carbonyl (C=O) groups is 5. The highest BCUT2D eigenvalue weighted by molar-refractivity contribution is 5.94. The summed E-state index contributed by atoms with van der Waals surface area (Å²) in [5, 5.41) is 35.1. The fraction of sp³-hybridized carbons (Fsp3) is 0.762. The summed E-state index contributed by atoms with van der Waals surface area (Å²) < 4.78 is 0. The molecular weight excluding hydrogens is 450 g/mol. The second kappa shape index (κ2) is 16.0. The Morgan fingerprint density at radius 2 is 1.29 bits per heavy atom. The van der Waals surface area contributed by atoms with Crippen molar-refractivity contribution in [2.45, 2.75) is 89.6 Å². The summed E-state index contributed by atoms with van der Waals surface area (Å²) in [6.07, 6.45) is -0.628. The van der Waals surface area contributed by atoms with Crippen molar-refractivity contribution in [1.29, 1.82) is 0 Å². The van der Waals surface area contributed by atoms with Gasteiger partial charge in [0.05, 0.1) is 6.10 Å². The molecule has 0 saturated heterocycles. The van der Waals surface area contributed by atoms with Crippen LogP contribution in [0.15, 0.2) is 0 Å². The number of aliphatic hydroxyl groups is 1. The molecular formula is C21H39N5O8. The zero-order chi connectivity index (χ0) is 26.4. The van der Waals surface area contributed by atoms with Crippen LogP contribution in [-0.4, -0.2) is 81.8 Å². The number of nitrogens with two attached hydrogens (primary N) is 2. The van der Waals surface area contributed by atoms with E-state index in [1.54, 1.807) is 13.8 Å². The predicted molar refractivity (Wildman–Crippen MR) is 122 cm³/mol. The number of unbranched alkanes of at least 4 members (excludes halogenated alkanes) is 1. The number of rotatable bonds is 17. The van der Waals surface area contributed by atoms with Crippen LogP contribution < -0.4 is 27.4 Å². The lowest BCUT2D eigenvalue weighted by atomic mass is 10.0. The third-order valence-corrected chi connectivity index (χ3v) is 5.00. The fourth-order valence-corrected chi connectivity index (χ4v) is 3.02. The Labute approximate surface area is 199 Å². The molecule has 0 saturated carbocycles. The van der Waals surface area contributed by atoms with Crippen LogP contribution in [0, 0.1) is 5.92 Å². The normalized spacial score (nSPS) is 15.5. The first-order valence-electron chi connectivity index (χ1n) is 11.3. The molecule has 3 amide bonds. The molecule has 0 heterocycles. The Balaban J connectivity index is 5.58. The minimum Gasteiger partial charge on any atom is -0.481 e. The monoisotopic (exact) mass is 489 g/mol. The number of aliphatic hydroxyl groups excluding tert-OH is 1. The van der Waals surface area contributed by atoms with Crippen molar-refractivity contribution in [1.82, 2.24) is 16.0 Å². The SMILES string of the molecule is CC(C)CC(NC(=O)C(CCCCN)NC(=O)C(CCC(=O)O)NC(=O)C(N)C(C)O)C(=O)O. The highest BCUT2D eigenvalue weighted by Crippen LogP contribution is 2.08. The highest BCUT2D eigenvalue weighted by Gasteiger charge is 2.31. The van der Waals surface area contributed by atoms with Crippen LogP contribution in [0.1, 0.15) is 59.3 Å². The quantitative estimate of drug-likeness (QED) is 0.107. The van der Waals surface area contributed by atoms with Crippen molar-refractivity contribution < 1.29 is 39.3 Å². The average Bonchev–Trinajstić information content (AvgIpc) is 2.73. The first-order valence-corrected chi connectivity index (χ1v) is 11.3. The summed E-state index contributed by atoms with van der Waals surface area (Å²) in [4.78, 5) is 60.4. The molecule has 0 radical (unpaired) electrons. The molecule has 0 spiro atoms. The maximum absolute atomic E-state index is 12.9. The van der Waals surface area contributed by atoms with Crippen molar-refractivity contribution in [2.24, 2.45) is 17.4 Å². The fourth-order valence-electron chi connectivity index (χ4n) is 3.02. The van der Waals surface area contributed by atoms with E-state index in [4.69, 9.17) is 16.6 Å². The summed E-state index contributed by atoms with van der Waals surface area (Å²) in [5.74, 6) is -4.86. The first kappa shape index (κ1) is 31.2. The molecule has 34 heavy (non-hydrogen) atoms. The molecule has 0 aliphatic carbocycles. The second-order valence-electron chi connectivity index (χ2n) is 8.63. The molecule has 196 valence electrons. The first-order chi connectivity index (χ1) is 15.8. The largest absolute Gasteiger partial charge is 0.481 e. The van der Waals surface area contributed by atoms with Gasteiger partial charge in [-0.05, 0) is 51.5 Å². The number of aliphatic carboxylic acids is 2. The van der Waals surface area contributed by atoms with Crippen LogP contribution in [0.25, 0.3) is 0 Å². The topological polar surface area (TPSA) is 234 Å². The van der Waals surface area contributed by atoms with E-state index >= 15 is 0 Å². The minimum atomic E-state index is -1.35. The molecule has 13 nitrogen and oxygen atoms in total. The molecule has 0 aliphatic heterocycles. The molecule has 0 aromatic heterocycles. The van der Waals surface area contributed by atoms with Crippen LogP contribution in [0.2, 0.25) is 0 Å². The Morgan fingerprint density at radius 3 is 1.74 bits per heavy atom. The molecule has 13 heteroatoms. The molecule has 10 N–H and O–H groups in total.